The third-order valence-electron chi connectivity index (χ3n) is 2.73. The van der Waals surface area contributed by atoms with Crippen molar-refractivity contribution in [1.82, 2.24) is 0 Å². The zero-order valence-electron chi connectivity index (χ0n) is 10.9. The summed E-state index contributed by atoms with van der Waals surface area (Å²) in [6.07, 6.45) is -4.53. The molecule has 0 fully saturated rings. The third-order valence-corrected chi connectivity index (χ3v) is 2.73. The van der Waals surface area contributed by atoms with Crippen molar-refractivity contribution in [3.05, 3.63) is 53.0 Å². The lowest BCUT2D eigenvalue weighted by Crippen LogP contribution is -2.08. The lowest BCUT2D eigenvalue weighted by Gasteiger charge is -2.12. The Kier molecular flexibility index (Phi) is 3.93. The number of hydrogen-bond donors (Lipinski definition) is 1. The van der Waals surface area contributed by atoms with Gasteiger partial charge in [0.1, 0.15) is 18.1 Å². The molecule has 0 aliphatic heterocycles. The summed E-state index contributed by atoms with van der Waals surface area (Å²) < 4.78 is 48.4. The number of ether oxygens (including phenoxy) is 1. The summed E-state index contributed by atoms with van der Waals surface area (Å²) >= 11 is 0. The summed E-state index contributed by atoms with van der Waals surface area (Å²) in [6.45, 7) is 1.24. The first-order valence-electron chi connectivity index (χ1n) is 5.90. The highest BCUT2D eigenvalue weighted by Crippen LogP contribution is 2.36. The molecular weight excluding hydrogens is 289 g/mol. The van der Waals surface area contributed by atoms with Crippen LogP contribution in [0.5, 0.6) is 5.75 Å². The molecule has 7 heteroatoms. The number of carboxylic acids is 1. The molecule has 1 aromatic heterocycles. The van der Waals surface area contributed by atoms with Gasteiger partial charge in [-0.2, -0.15) is 13.2 Å². The molecule has 1 aromatic carbocycles. The van der Waals surface area contributed by atoms with Crippen molar-refractivity contribution in [2.75, 3.05) is 0 Å². The van der Waals surface area contributed by atoms with Gasteiger partial charge in [0.25, 0.3) is 0 Å². The molecule has 0 aliphatic carbocycles. The fourth-order valence-electron chi connectivity index (χ4n) is 1.81. The number of rotatable bonds is 4. The largest absolute Gasteiger partial charge is 0.485 e. The van der Waals surface area contributed by atoms with Crippen LogP contribution in [0, 0.1) is 6.92 Å². The van der Waals surface area contributed by atoms with Gasteiger partial charge in [0, 0.05) is 5.56 Å². The number of hydrogen-bond acceptors (Lipinski definition) is 3. The highest BCUT2D eigenvalue weighted by molar-refractivity contribution is 5.86. The van der Waals surface area contributed by atoms with E-state index in [0.29, 0.717) is 5.56 Å². The third kappa shape index (κ3) is 3.36. The van der Waals surface area contributed by atoms with Gasteiger partial charge < -0.3 is 14.3 Å². The molecule has 0 saturated heterocycles. The molecule has 0 unspecified atom stereocenters. The molecule has 4 nitrogen and oxygen atoms in total. The molecule has 0 spiro atoms. The van der Waals surface area contributed by atoms with E-state index in [0.717, 1.165) is 6.07 Å². The molecule has 1 heterocycles. The van der Waals surface area contributed by atoms with Crippen LogP contribution in [0.1, 0.15) is 27.4 Å². The summed E-state index contributed by atoms with van der Waals surface area (Å²) in [5, 5.41) is 8.83. The molecule has 2 aromatic rings. The lowest BCUT2D eigenvalue weighted by atomic mass is 10.2. The maximum atomic E-state index is 12.8. The Morgan fingerprint density at radius 2 is 2.00 bits per heavy atom. The smallest absolute Gasteiger partial charge is 0.419 e. The predicted octanol–water partition coefficient (Wildman–Crippen LogP) is 3.88. The number of alkyl halides is 3. The maximum Gasteiger partial charge on any atom is 0.419 e. The van der Waals surface area contributed by atoms with Crippen LogP contribution in [0.2, 0.25) is 0 Å². The van der Waals surface area contributed by atoms with Gasteiger partial charge in [-0.25, -0.2) is 4.79 Å². The van der Waals surface area contributed by atoms with E-state index >= 15 is 0 Å². The van der Waals surface area contributed by atoms with Gasteiger partial charge in [0.05, 0.1) is 5.56 Å². The fraction of sp³-hybridized carbons (Fsp3) is 0.214. The van der Waals surface area contributed by atoms with Crippen LogP contribution in [0.4, 0.5) is 13.2 Å². The number of para-hydroxylation sites is 1. The van der Waals surface area contributed by atoms with E-state index in [4.69, 9.17) is 14.3 Å². The molecular formula is C14H11F3O4. The summed E-state index contributed by atoms with van der Waals surface area (Å²) in [4.78, 5) is 10.8. The molecule has 0 saturated carbocycles. The minimum atomic E-state index is -4.53. The standard InChI is InChI=1S/C14H11F3O4/c1-8-6-9(21-12(8)13(18)19)7-20-11-5-3-2-4-10(11)14(15,16)17/h2-6H,7H2,1H3,(H,18,19). The number of halogens is 3. The predicted molar refractivity (Wildman–Crippen MR) is 66.2 cm³/mol. The number of carboxylic acid groups (broad SMARTS) is 1. The van der Waals surface area contributed by atoms with Crippen LogP contribution in [0.15, 0.2) is 34.7 Å². The molecule has 0 radical (unpaired) electrons. The fourth-order valence-corrected chi connectivity index (χ4v) is 1.81. The minimum absolute atomic E-state index is 0.141. The average molecular weight is 300 g/mol. The van der Waals surface area contributed by atoms with Gasteiger partial charge >= 0.3 is 12.1 Å². The van der Waals surface area contributed by atoms with Crippen LogP contribution >= 0.6 is 0 Å². The van der Waals surface area contributed by atoms with Crippen molar-refractivity contribution in [3.63, 3.8) is 0 Å². The molecule has 2 rings (SSSR count). The zero-order valence-corrected chi connectivity index (χ0v) is 10.9. The molecule has 0 atom stereocenters. The zero-order chi connectivity index (χ0) is 15.6. The monoisotopic (exact) mass is 300 g/mol. The molecule has 112 valence electrons. The second-order valence-corrected chi connectivity index (χ2v) is 4.31. The second-order valence-electron chi connectivity index (χ2n) is 4.31. The Morgan fingerprint density at radius 1 is 1.33 bits per heavy atom. The van der Waals surface area contributed by atoms with E-state index in [9.17, 15) is 18.0 Å². The summed E-state index contributed by atoms with van der Waals surface area (Å²) in [6, 6.07) is 6.19. The normalized spacial score (nSPS) is 11.4. The van der Waals surface area contributed by atoms with E-state index in [1.165, 1.54) is 31.2 Å². The Bertz CT molecular complexity index is 658. The van der Waals surface area contributed by atoms with Crippen LogP contribution in [0.3, 0.4) is 0 Å². The van der Waals surface area contributed by atoms with Crippen LogP contribution in [0.25, 0.3) is 0 Å². The molecule has 1 N–H and O–H groups in total. The van der Waals surface area contributed by atoms with Gasteiger partial charge in [-0.15, -0.1) is 0 Å². The molecule has 21 heavy (non-hydrogen) atoms. The lowest BCUT2D eigenvalue weighted by molar-refractivity contribution is -0.139. The first-order valence-corrected chi connectivity index (χ1v) is 5.90. The maximum absolute atomic E-state index is 12.8. The first-order chi connectivity index (χ1) is 9.79. The summed E-state index contributed by atoms with van der Waals surface area (Å²) in [5.41, 5.74) is -0.517. The van der Waals surface area contributed by atoms with E-state index in [-0.39, 0.29) is 23.9 Å². The van der Waals surface area contributed by atoms with E-state index in [1.54, 1.807) is 0 Å². The summed E-state index contributed by atoms with van der Waals surface area (Å²) in [7, 11) is 0. The second kappa shape index (κ2) is 5.51. The Balaban J connectivity index is 2.18. The number of benzene rings is 1. The van der Waals surface area contributed by atoms with Crippen LogP contribution in [-0.4, -0.2) is 11.1 Å². The van der Waals surface area contributed by atoms with Gasteiger partial charge in [-0.1, -0.05) is 12.1 Å². The van der Waals surface area contributed by atoms with Crippen molar-refractivity contribution in [2.24, 2.45) is 0 Å². The van der Waals surface area contributed by atoms with E-state index in [2.05, 4.69) is 0 Å². The van der Waals surface area contributed by atoms with Crippen molar-refractivity contribution in [3.8, 4) is 5.75 Å². The number of carbonyl (C=O) groups is 1. The van der Waals surface area contributed by atoms with Gasteiger partial charge in [0.2, 0.25) is 5.76 Å². The van der Waals surface area contributed by atoms with Crippen LogP contribution in [-0.2, 0) is 12.8 Å². The van der Waals surface area contributed by atoms with Crippen molar-refractivity contribution >= 4 is 5.97 Å². The van der Waals surface area contributed by atoms with E-state index in [1.807, 2.05) is 0 Å². The topological polar surface area (TPSA) is 59.7 Å². The van der Waals surface area contributed by atoms with E-state index < -0.39 is 17.7 Å². The highest BCUT2D eigenvalue weighted by atomic mass is 19.4. The van der Waals surface area contributed by atoms with Crippen molar-refractivity contribution < 1.29 is 32.2 Å². The van der Waals surface area contributed by atoms with Crippen molar-refractivity contribution in [2.45, 2.75) is 19.7 Å². The molecule has 0 aliphatic rings. The Morgan fingerprint density at radius 3 is 2.57 bits per heavy atom. The quantitative estimate of drug-likeness (QED) is 0.930. The minimum Gasteiger partial charge on any atom is -0.485 e. The Labute approximate surface area is 117 Å². The van der Waals surface area contributed by atoms with Crippen molar-refractivity contribution in [1.29, 1.82) is 0 Å². The first kappa shape index (κ1) is 15.0. The number of aryl methyl sites for hydroxylation is 1. The SMILES string of the molecule is Cc1cc(COc2ccccc2C(F)(F)F)oc1C(=O)O. The van der Waals surface area contributed by atoms with Crippen LogP contribution < -0.4 is 4.74 Å². The summed E-state index contributed by atoms with van der Waals surface area (Å²) in [5.74, 6) is -1.69. The number of aromatic carboxylic acids is 1. The highest BCUT2D eigenvalue weighted by Gasteiger charge is 2.34. The van der Waals surface area contributed by atoms with Gasteiger partial charge in [-0.3, -0.25) is 0 Å². The Hall–Kier alpha value is -2.44. The van der Waals surface area contributed by atoms with Gasteiger partial charge in [-0.05, 0) is 25.1 Å². The molecule has 0 bridgehead atoms. The van der Waals surface area contributed by atoms with Gasteiger partial charge in [0.15, 0.2) is 0 Å². The average Bonchev–Trinajstić information content (AvgIpc) is 2.77. The molecule has 0 amide bonds. The number of furan rings is 1.